The van der Waals surface area contributed by atoms with Crippen LogP contribution in [0.4, 0.5) is 9.59 Å². The minimum atomic E-state index is -0.148. The molecule has 0 saturated carbocycles. The molecule has 0 spiro atoms. The van der Waals surface area contributed by atoms with Crippen LogP contribution in [0.15, 0.2) is 17.5 Å². The number of hydrogen-bond acceptors (Lipinski definition) is 5. The number of piperidine rings is 1. The van der Waals surface area contributed by atoms with Crippen molar-refractivity contribution < 1.29 is 14.4 Å². The molecule has 22 heavy (non-hydrogen) atoms. The Morgan fingerprint density at radius 1 is 1.32 bits per heavy atom. The van der Waals surface area contributed by atoms with E-state index in [2.05, 4.69) is 5.32 Å². The first-order chi connectivity index (χ1) is 10.6. The topological polar surface area (TPSA) is 69.7 Å². The lowest BCUT2D eigenvalue weighted by molar-refractivity contribution is -0.126. The van der Waals surface area contributed by atoms with E-state index in [0.717, 1.165) is 16.6 Å². The second kappa shape index (κ2) is 6.70. The van der Waals surface area contributed by atoms with Gasteiger partial charge in [-0.2, -0.15) is 0 Å². The van der Waals surface area contributed by atoms with Gasteiger partial charge in [-0.25, -0.2) is 4.79 Å². The van der Waals surface area contributed by atoms with E-state index in [-0.39, 0.29) is 29.0 Å². The van der Waals surface area contributed by atoms with Gasteiger partial charge in [0.1, 0.15) is 0 Å². The van der Waals surface area contributed by atoms with Gasteiger partial charge in [-0.15, -0.1) is 11.3 Å². The molecule has 1 N–H and O–H groups in total. The number of nitrogens with one attached hydrogen (secondary N) is 1. The Morgan fingerprint density at radius 3 is 2.68 bits per heavy atom. The number of thioether (sulfide) groups is 1. The third kappa shape index (κ3) is 3.27. The van der Waals surface area contributed by atoms with E-state index >= 15 is 0 Å². The molecule has 2 aliphatic heterocycles. The molecule has 2 aliphatic rings. The Hall–Kier alpha value is -1.54. The lowest BCUT2D eigenvalue weighted by Gasteiger charge is -2.35. The van der Waals surface area contributed by atoms with Crippen LogP contribution in [0.25, 0.3) is 0 Å². The predicted molar refractivity (Wildman–Crippen MR) is 85.8 cm³/mol. The molecule has 118 valence electrons. The number of likely N-dealkylation sites (tertiary alicyclic amines) is 1. The number of amides is 4. The quantitative estimate of drug-likeness (QED) is 0.916. The molecule has 0 aromatic carbocycles. The average molecular weight is 339 g/mol. The summed E-state index contributed by atoms with van der Waals surface area (Å²) in [7, 11) is 0. The standard InChI is InChI=1S/C14H17N3O3S2/c18-12-9-22-14(20)17(12)10-3-5-16(6-4-10)13(19)15-8-11-2-1-7-21-11/h1-2,7,10H,3-6,8-9H2,(H,15,19). The monoisotopic (exact) mass is 339 g/mol. The van der Waals surface area contributed by atoms with Gasteiger partial charge in [0.05, 0.1) is 12.3 Å². The van der Waals surface area contributed by atoms with Gasteiger partial charge in [0.15, 0.2) is 0 Å². The molecule has 1 aromatic rings. The zero-order valence-corrected chi connectivity index (χ0v) is 13.6. The Labute approximate surface area is 136 Å². The fraction of sp³-hybridized carbons (Fsp3) is 0.500. The molecule has 0 unspecified atom stereocenters. The van der Waals surface area contributed by atoms with Crippen LogP contribution >= 0.6 is 23.1 Å². The molecular weight excluding hydrogens is 322 g/mol. The molecule has 0 radical (unpaired) electrons. The normalized spacial score (nSPS) is 19.8. The first kappa shape index (κ1) is 15.4. The minimum absolute atomic E-state index is 0.0589. The number of hydrogen-bond donors (Lipinski definition) is 1. The van der Waals surface area contributed by atoms with E-state index in [9.17, 15) is 14.4 Å². The molecule has 8 heteroatoms. The van der Waals surface area contributed by atoms with Crippen molar-refractivity contribution in [2.24, 2.45) is 0 Å². The van der Waals surface area contributed by atoms with Crippen molar-refractivity contribution in [3.05, 3.63) is 22.4 Å². The number of carbonyl (C=O) groups is 3. The van der Waals surface area contributed by atoms with Gasteiger partial charge < -0.3 is 10.2 Å². The van der Waals surface area contributed by atoms with Crippen molar-refractivity contribution in [3.8, 4) is 0 Å². The van der Waals surface area contributed by atoms with E-state index in [1.54, 1.807) is 16.2 Å². The van der Waals surface area contributed by atoms with Crippen molar-refractivity contribution in [1.29, 1.82) is 0 Å². The maximum absolute atomic E-state index is 12.1. The summed E-state index contributed by atoms with van der Waals surface area (Å²) in [6.45, 7) is 1.68. The maximum atomic E-state index is 12.1. The zero-order valence-electron chi connectivity index (χ0n) is 12.0. The van der Waals surface area contributed by atoms with E-state index in [4.69, 9.17) is 0 Å². The van der Waals surface area contributed by atoms with Gasteiger partial charge in [-0.3, -0.25) is 14.5 Å². The summed E-state index contributed by atoms with van der Waals surface area (Å²) in [5.74, 6) is 0.149. The number of carbonyl (C=O) groups excluding carboxylic acids is 3. The van der Waals surface area contributed by atoms with Crippen LogP contribution in [-0.2, 0) is 11.3 Å². The number of imide groups is 1. The van der Waals surface area contributed by atoms with Gasteiger partial charge in [-0.1, -0.05) is 17.8 Å². The Kier molecular flexibility index (Phi) is 4.68. The molecule has 0 bridgehead atoms. The molecule has 1 aromatic heterocycles. The van der Waals surface area contributed by atoms with E-state index in [1.807, 2.05) is 17.5 Å². The van der Waals surface area contributed by atoms with Crippen LogP contribution in [0.1, 0.15) is 17.7 Å². The first-order valence-corrected chi connectivity index (χ1v) is 9.05. The Balaban J connectivity index is 1.48. The van der Waals surface area contributed by atoms with Crippen LogP contribution in [0.5, 0.6) is 0 Å². The van der Waals surface area contributed by atoms with Gasteiger partial charge in [0.2, 0.25) is 5.91 Å². The van der Waals surface area contributed by atoms with E-state index in [0.29, 0.717) is 32.5 Å². The molecule has 0 aliphatic carbocycles. The Bertz CT molecular complexity index is 552. The average Bonchev–Trinajstić information content (AvgIpc) is 3.15. The molecule has 0 atom stereocenters. The molecular formula is C14H17N3O3S2. The third-order valence-electron chi connectivity index (χ3n) is 3.90. The summed E-state index contributed by atoms with van der Waals surface area (Å²) in [5.41, 5.74) is 0. The fourth-order valence-corrected chi connectivity index (χ4v) is 4.15. The highest BCUT2D eigenvalue weighted by Gasteiger charge is 2.37. The summed E-state index contributed by atoms with van der Waals surface area (Å²) in [6, 6.07) is 3.80. The number of thiophene rings is 1. The van der Waals surface area contributed by atoms with E-state index in [1.165, 1.54) is 4.90 Å². The van der Waals surface area contributed by atoms with Crippen LogP contribution in [0.3, 0.4) is 0 Å². The van der Waals surface area contributed by atoms with Gasteiger partial charge >= 0.3 is 6.03 Å². The van der Waals surface area contributed by atoms with Gasteiger partial charge in [0, 0.05) is 24.0 Å². The largest absolute Gasteiger partial charge is 0.333 e. The van der Waals surface area contributed by atoms with Crippen molar-refractivity contribution in [1.82, 2.24) is 15.1 Å². The van der Waals surface area contributed by atoms with Crippen LogP contribution in [0, 0.1) is 0 Å². The summed E-state index contributed by atoms with van der Waals surface area (Å²) < 4.78 is 0. The summed E-state index contributed by atoms with van der Waals surface area (Å²) in [4.78, 5) is 39.8. The highest BCUT2D eigenvalue weighted by Crippen LogP contribution is 2.26. The van der Waals surface area contributed by atoms with Gasteiger partial charge in [-0.05, 0) is 24.3 Å². The smallest absolute Gasteiger partial charge is 0.317 e. The molecule has 4 amide bonds. The predicted octanol–water partition coefficient (Wildman–Crippen LogP) is 2.12. The molecule has 3 heterocycles. The maximum Gasteiger partial charge on any atom is 0.317 e. The van der Waals surface area contributed by atoms with Crippen LogP contribution in [0.2, 0.25) is 0 Å². The zero-order chi connectivity index (χ0) is 15.5. The van der Waals surface area contributed by atoms with Crippen molar-refractivity contribution >= 4 is 40.3 Å². The second-order valence-electron chi connectivity index (χ2n) is 5.27. The summed E-state index contributed by atoms with van der Waals surface area (Å²) >= 11 is 2.68. The van der Waals surface area contributed by atoms with Crippen molar-refractivity contribution in [2.45, 2.75) is 25.4 Å². The third-order valence-corrected chi connectivity index (χ3v) is 5.61. The lowest BCUT2D eigenvalue weighted by atomic mass is 10.0. The van der Waals surface area contributed by atoms with Crippen LogP contribution < -0.4 is 5.32 Å². The number of nitrogens with zero attached hydrogens (tertiary/aromatic N) is 2. The second-order valence-corrected chi connectivity index (χ2v) is 7.23. The molecule has 2 saturated heterocycles. The van der Waals surface area contributed by atoms with Crippen molar-refractivity contribution in [2.75, 3.05) is 18.8 Å². The molecule has 2 fully saturated rings. The first-order valence-electron chi connectivity index (χ1n) is 7.19. The minimum Gasteiger partial charge on any atom is -0.333 e. The molecule has 6 nitrogen and oxygen atoms in total. The highest BCUT2D eigenvalue weighted by molar-refractivity contribution is 8.14. The Morgan fingerprint density at radius 2 is 2.09 bits per heavy atom. The van der Waals surface area contributed by atoms with Crippen LogP contribution in [-0.4, -0.2) is 51.9 Å². The molecule has 3 rings (SSSR count). The fourth-order valence-electron chi connectivity index (χ4n) is 2.73. The summed E-state index contributed by atoms with van der Waals surface area (Å²) in [5, 5.41) is 4.74. The lowest BCUT2D eigenvalue weighted by Crippen LogP contribution is -2.50. The number of rotatable bonds is 3. The number of urea groups is 1. The van der Waals surface area contributed by atoms with E-state index < -0.39 is 0 Å². The highest BCUT2D eigenvalue weighted by atomic mass is 32.2. The SMILES string of the molecule is O=C(NCc1cccs1)N1CCC(N2C(=O)CSC2=O)CC1. The summed E-state index contributed by atoms with van der Waals surface area (Å²) in [6.07, 6.45) is 1.31. The van der Waals surface area contributed by atoms with Gasteiger partial charge in [0.25, 0.3) is 5.24 Å². The van der Waals surface area contributed by atoms with Crippen molar-refractivity contribution in [3.63, 3.8) is 0 Å².